The Bertz CT molecular complexity index is 1040. The molecule has 0 fully saturated rings. The van der Waals surface area contributed by atoms with Crippen molar-refractivity contribution in [2.75, 3.05) is 18.6 Å². The van der Waals surface area contributed by atoms with Gasteiger partial charge in [-0.15, -0.1) is 0 Å². The normalized spacial score (nSPS) is 15.2. The van der Waals surface area contributed by atoms with Gasteiger partial charge in [-0.1, -0.05) is 26.0 Å². The predicted molar refractivity (Wildman–Crippen MR) is 123 cm³/mol. The van der Waals surface area contributed by atoms with E-state index in [4.69, 9.17) is 13.9 Å². The lowest BCUT2D eigenvalue weighted by Gasteiger charge is -2.35. The van der Waals surface area contributed by atoms with E-state index in [0.717, 1.165) is 29.8 Å². The molecule has 0 spiro atoms. The number of ether oxygens (including phenoxy) is 2. The molecule has 168 valence electrons. The Balaban J connectivity index is 1.52. The zero-order valence-corrected chi connectivity index (χ0v) is 18.7. The first-order valence-electron chi connectivity index (χ1n) is 11.0. The van der Waals surface area contributed by atoms with Crippen LogP contribution < -0.4 is 19.7 Å². The van der Waals surface area contributed by atoms with E-state index in [1.54, 1.807) is 13.3 Å². The number of nitrogens with zero attached hydrogens (tertiary/aromatic N) is 2. The molecule has 0 saturated carbocycles. The molecule has 0 bridgehead atoms. The van der Waals surface area contributed by atoms with Crippen LogP contribution in [0.3, 0.4) is 0 Å². The van der Waals surface area contributed by atoms with E-state index in [2.05, 4.69) is 29.0 Å². The summed E-state index contributed by atoms with van der Waals surface area (Å²) in [5, 5.41) is 3.10. The highest BCUT2D eigenvalue weighted by Crippen LogP contribution is 2.34. The maximum absolute atomic E-state index is 12.9. The van der Waals surface area contributed by atoms with Crippen molar-refractivity contribution in [2.24, 2.45) is 0 Å². The quantitative estimate of drug-likeness (QED) is 0.564. The summed E-state index contributed by atoms with van der Waals surface area (Å²) in [4.78, 5) is 19.4. The number of methoxy groups -OCH3 is 1. The van der Waals surface area contributed by atoms with Crippen molar-refractivity contribution in [1.29, 1.82) is 0 Å². The number of carbonyl (C=O) groups is 1. The smallest absolute Gasteiger partial charge is 0.263 e. The van der Waals surface area contributed by atoms with Crippen molar-refractivity contribution in [1.82, 2.24) is 10.3 Å². The van der Waals surface area contributed by atoms with Crippen LogP contribution in [-0.4, -0.2) is 36.7 Å². The first kappa shape index (κ1) is 21.7. The van der Waals surface area contributed by atoms with E-state index in [1.807, 2.05) is 48.5 Å². The Labute approximate surface area is 188 Å². The molecule has 7 nitrogen and oxygen atoms in total. The number of anilines is 1. The number of oxazole rings is 1. The largest absolute Gasteiger partial charge is 0.497 e. The minimum absolute atomic E-state index is 0.0930. The van der Waals surface area contributed by atoms with Gasteiger partial charge in [0.05, 0.1) is 32.1 Å². The fourth-order valence-corrected chi connectivity index (χ4v) is 3.82. The number of hydrogen-bond donors (Lipinski definition) is 1. The summed E-state index contributed by atoms with van der Waals surface area (Å²) < 4.78 is 17.3. The average Bonchev–Trinajstić information content (AvgIpc) is 3.30. The second-order valence-corrected chi connectivity index (χ2v) is 7.82. The molecule has 1 aromatic heterocycles. The van der Waals surface area contributed by atoms with Gasteiger partial charge in [-0.05, 0) is 49.2 Å². The monoisotopic (exact) mass is 435 g/mol. The third kappa shape index (κ3) is 4.72. The Hall–Kier alpha value is -3.48. The zero-order valence-electron chi connectivity index (χ0n) is 18.7. The highest BCUT2D eigenvalue weighted by Gasteiger charge is 2.32. The van der Waals surface area contributed by atoms with E-state index in [0.29, 0.717) is 30.5 Å². The highest BCUT2D eigenvalue weighted by molar-refractivity contribution is 5.83. The zero-order chi connectivity index (χ0) is 22.5. The molecular weight excluding hydrogens is 406 g/mol. The number of aromatic nitrogens is 1. The van der Waals surface area contributed by atoms with Gasteiger partial charge in [-0.25, -0.2) is 4.98 Å². The molecule has 1 aliphatic heterocycles. The molecule has 0 saturated heterocycles. The molecule has 2 heterocycles. The van der Waals surface area contributed by atoms with Crippen molar-refractivity contribution < 1.29 is 18.7 Å². The Kier molecular flexibility index (Phi) is 6.63. The topological polar surface area (TPSA) is 76.8 Å². The van der Waals surface area contributed by atoms with Crippen molar-refractivity contribution in [3.8, 4) is 22.8 Å². The van der Waals surface area contributed by atoms with Crippen molar-refractivity contribution >= 4 is 11.6 Å². The average molecular weight is 436 g/mol. The molecule has 1 aliphatic rings. The molecule has 2 aromatic carbocycles. The molecule has 3 aromatic rings. The van der Waals surface area contributed by atoms with Gasteiger partial charge in [-0.3, -0.25) is 4.79 Å². The van der Waals surface area contributed by atoms with Crippen LogP contribution >= 0.6 is 0 Å². The summed E-state index contributed by atoms with van der Waals surface area (Å²) in [6.45, 7) is 5.00. The van der Waals surface area contributed by atoms with Crippen LogP contribution in [0, 0.1) is 0 Å². The fraction of sp³-hybridized carbons (Fsp3) is 0.360. The van der Waals surface area contributed by atoms with E-state index >= 15 is 0 Å². The lowest BCUT2D eigenvalue weighted by molar-refractivity contribution is -0.128. The summed E-state index contributed by atoms with van der Waals surface area (Å²) in [5.41, 5.74) is 1.85. The van der Waals surface area contributed by atoms with Gasteiger partial charge in [0.1, 0.15) is 11.5 Å². The van der Waals surface area contributed by atoms with E-state index in [9.17, 15) is 4.79 Å². The molecule has 4 rings (SSSR count). The van der Waals surface area contributed by atoms with E-state index in [-0.39, 0.29) is 11.9 Å². The Morgan fingerprint density at radius 3 is 2.66 bits per heavy atom. The van der Waals surface area contributed by atoms with Gasteiger partial charge in [0, 0.05) is 11.6 Å². The minimum Gasteiger partial charge on any atom is -0.497 e. The third-order valence-corrected chi connectivity index (χ3v) is 5.74. The van der Waals surface area contributed by atoms with Gasteiger partial charge in [0.15, 0.2) is 11.9 Å². The van der Waals surface area contributed by atoms with Crippen molar-refractivity contribution in [2.45, 2.75) is 45.4 Å². The maximum Gasteiger partial charge on any atom is 0.263 e. The number of para-hydroxylation sites is 2. The van der Waals surface area contributed by atoms with Crippen LogP contribution in [0.5, 0.6) is 11.5 Å². The van der Waals surface area contributed by atoms with Crippen LogP contribution in [-0.2, 0) is 11.3 Å². The summed E-state index contributed by atoms with van der Waals surface area (Å²) in [6, 6.07) is 15.5. The number of amides is 1. The number of benzene rings is 2. The van der Waals surface area contributed by atoms with Crippen molar-refractivity contribution in [3.05, 3.63) is 60.6 Å². The standard InChI is InChI=1S/C25H29N3O4/c1-4-18(5-2)27-25(29)23-15-28(20-8-6-7-9-21(20)31-23)16-24-26-14-22(32-24)17-10-12-19(30-3)13-11-17/h6-14,18,23H,4-5,15-16H2,1-3H3,(H,27,29). The van der Waals surface area contributed by atoms with E-state index < -0.39 is 6.10 Å². The third-order valence-electron chi connectivity index (χ3n) is 5.74. The maximum atomic E-state index is 12.9. The second kappa shape index (κ2) is 9.77. The number of carbonyl (C=O) groups excluding carboxylic acids is 1. The van der Waals surface area contributed by atoms with Crippen LogP contribution in [0.1, 0.15) is 32.6 Å². The molecule has 1 amide bonds. The van der Waals surface area contributed by atoms with Crippen LogP contribution in [0.25, 0.3) is 11.3 Å². The summed E-state index contributed by atoms with van der Waals surface area (Å²) in [5.74, 6) is 2.64. The van der Waals surface area contributed by atoms with E-state index in [1.165, 1.54) is 0 Å². The Morgan fingerprint density at radius 1 is 1.19 bits per heavy atom. The number of hydrogen-bond acceptors (Lipinski definition) is 6. The highest BCUT2D eigenvalue weighted by atomic mass is 16.5. The Morgan fingerprint density at radius 2 is 1.94 bits per heavy atom. The predicted octanol–water partition coefficient (Wildman–Crippen LogP) is 4.42. The lowest BCUT2D eigenvalue weighted by Crippen LogP contribution is -2.51. The summed E-state index contributed by atoms with van der Waals surface area (Å²) in [6.07, 6.45) is 2.90. The first-order chi connectivity index (χ1) is 15.6. The van der Waals surface area contributed by atoms with Crippen LogP contribution in [0.2, 0.25) is 0 Å². The van der Waals surface area contributed by atoms with Gasteiger partial charge in [0.2, 0.25) is 5.89 Å². The van der Waals surface area contributed by atoms with Gasteiger partial charge in [0.25, 0.3) is 5.91 Å². The molecular formula is C25H29N3O4. The minimum atomic E-state index is -0.596. The van der Waals surface area contributed by atoms with Crippen LogP contribution in [0.4, 0.5) is 5.69 Å². The molecule has 7 heteroatoms. The van der Waals surface area contributed by atoms with Gasteiger partial charge >= 0.3 is 0 Å². The SMILES string of the molecule is CCC(CC)NC(=O)C1CN(Cc2ncc(-c3ccc(OC)cc3)o2)c2ccccc2O1. The lowest BCUT2D eigenvalue weighted by atomic mass is 10.1. The molecule has 1 unspecified atom stereocenters. The fourth-order valence-electron chi connectivity index (χ4n) is 3.82. The van der Waals surface area contributed by atoms with Gasteiger partial charge in [-0.2, -0.15) is 0 Å². The second-order valence-electron chi connectivity index (χ2n) is 7.82. The molecule has 1 N–H and O–H groups in total. The molecule has 32 heavy (non-hydrogen) atoms. The first-order valence-corrected chi connectivity index (χ1v) is 11.0. The molecule has 0 aliphatic carbocycles. The summed E-state index contributed by atoms with van der Waals surface area (Å²) in [7, 11) is 1.64. The van der Waals surface area contributed by atoms with Gasteiger partial charge < -0.3 is 24.1 Å². The number of rotatable bonds is 8. The number of fused-ring (bicyclic) bond motifs is 1. The summed E-state index contributed by atoms with van der Waals surface area (Å²) >= 11 is 0. The van der Waals surface area contributed by atoms with Crippen molar-refractivity contribution in [3.63, 3.8) is 0 Å². The molecule has 0 radical (unpaired) electrons. The van der Waals surface area contributed by atoms with Crippen LogP contribution in [0.15, 0.2) is 59.1 Å². The molecule has 1 atom stereocenters. The number of nitrogens with one attached hydrogen (secondary N) is 1.